The van der Waals surface area contributed by atoms with Crippen molar-refractivity contribution in [1.29, 1.82) is 0 Å². The highest BCUT2D eigenvalue weighted by Gasteiger charge is 2.24. The van der Waals surface area contributed by atoms with Gasteiger partial charge in [-0.15, -0.1) is 0 Å². The third kappa shape index (κ3) is 4.37. The van der Waals surface area contributed by atoms with Gasteiger partial charge in [0.2, 0.25) is 5.91 Å². The van der Waals surface area contributed by atoms with Crippen molar-refractivity contribution >= 4 is 16.9 Å². The van der Waals surface area contributed by atoms with Gasteiger partial charge in [0.25, 0.3) is 12.9 Å². The molecule has 0 saturated heterocycles. The van der Waals surface area contributed by atoms with Gasteiger partial charge in [-0.2, -0.15) is 10.2 Å². The molecular weight excluding hydrogens is 452 g/mol. The van der Waals surface area contributed by atoms with Crippen LogP contribution in [0.15, 0.2) is 36.4 Å². The summed E-state index contributed by atoms with van der Waals surface area (Å²) >= 11 is 0. The van der Waals surface area contributed by atoms with Crippen molar-refractivity contribution in [3.8, 4) is 5.69 Å². The maximum absolute atomic E-state index is 13.5. The molecule has 3 aromatic heterocycles. The second-order valence-corrected chi connectivity index (χ2v) is 7.85. The molecule has 4 rings (SSSR count). The Morgan fingerprint density at radius 2 is 1.71 bits per heavy atom. The Labute approximate surface area is 192 Å². The van der Waals surface area contributed by atoms with Crippen LogP contribution in [0.1, 0.15) is 46.8 Å². The number of pyridine rings is 1. The van der Waals surface area contributed by atoms with Gasteiger partial charge in [0.15, 0.2) is 5.65 Å². The molecule has 0 fully saturated rings. The van der Waals surface area contributed by atoms with Crippen LogP contribution < -0.4 is 5.32 Å². The zero-order valence-electron chi connectivity index (χ0n) is 18.7. The number of rotatable bonds is 7. The molecule has 0 bridgehead atoms. The highest BCUT2D eigenvalue weighted by molar-refractivity contribution is 5.84. The van der Waals surface area contributed by atoms with Crippen LogP contribution in [0.25, 0.3) is 16.7 Å². The van der Waals surface area contributed by atoms with E-state index in [1.54, 1.807) is 4.68 Å². The van der Waals surface area contributed by atoms with Crippen LogP contribution in [0.5, 0.6) is 0 Å². The number of alkyl halides is 4. The first-order chi connectivity index (χ1) is 16.2. The Morgan fingerprint density at radius 3 is 2.35 bits per heavy atom. The van der Waals surface area contributed by atoms with Gasteiger partial charge < -0.3 is 5.32 Å². The van der Waals surface area contributed by atoms with Crippen molar-refractivity contribution < 1.29 is 22.4 Å². The summed E-state index contributed by atoms with van der Waals surface area (Å²) in [5.41, 5.74) is 1.95. The predicted molar refractivity (Wildman–Crippen MR) is 117 cm³/mol. The summed E-state index contributed by atoms with van der Waals surface area (Å²) in [6.07, 6.45) is -6.02. The monoisotopic (exact) mass is 474 g/mol. The average molecular weight is 474 g/mol. The number of hydrogen-bond acceptors (Lipinski definition) is 4. The van der Waals surface area contributed by atoms with E-state index in [4.69, 9.17) is 0 Å². The molecule has 7 nitrogen and oxygen atoms in total. The van der Waals surface area contributed by atoms with Crippen molar-refractivity contribution in [3.63, 3.8) is 0 Å². The second kappa shape index (κ2) is 9.24. The topological polar surface area (TPSA) is 77.6 Å². The molecule has 0 atom stereocenters. The van der Waals surface area contributed by atoms with E-state index >= 15 is 0 Å². The number of fused-ring (bicyclic) bond motifs is 1. The van der Waals surface area contributed by atoms with Gasteiger partial charge >= 0.3 is 0 Å². The Bertz CT molecular complexity index is 1350. The molecule has 3 heterocycles. The van der Waals surface area contributed by atoms with Gasteiger partial charge in [0.1, 0.15) is 12.2 Å². The Hall–Kier alpha value is -3.76. The van der Waals surface area contributed by atoms with Gasteiger partial charge in [-0.1, -0.05) is 18.2 Å². The summed E-state index contributed by atoms with van der Waals surface area (Å²) < 4.78 is 56.3. The van der Waals surface area contributed by atoms with E-state index in [-0.39, 0.29) is 29.8 Å². The molecule has 1 N–H and O–H groups in total. The van der Waals surface area contributed by atoms with Gasteiger partial charge in [-0.3, -0.25) is 4.79 Å². The number of halogens is 4. The zero-order valence-corrected chi connectivity index (χ0v) is 18.7. The lowest BCUT2D eigenvalue weighted by molar-refractivity contribution is -0.121. The maximum atomic E-state index is 13.5. The molecule has 1 amide bonds. The molecule has 4 aromatic rings. The van der Waals surface area contributed by atoms with E-state index < -0.39 is 30.0 Å². The zero-order chi connectivity index (χ0) is 24.6. The molecule has 0 spiro atoms. The fourth-order valence-electron chi connectivity index (χ4n) is 3.93. The number of aromatic nitrogens is 5. The second-order valence-electron chi connectivity index (χ2n) is 7.85. The molecule has 0 unspecified atom stereocenters. The van der Waals surface area contributed by atoms with Crippen LogP contribution in [0.4, 0.5) is 17.6 Å². The normalized spacial score (nSPS) is 11.7. The number of amides is 1. The summed E-state index contributed by atoms with van der Waals surface area (Å²) in [6.45, 7) is 5.01. The van der Waals surface area contributed by atoms with Crippen LogP contribution in [-0.2, 0) is 17.9 Å². The van der Waals surface area contributed by atoms with Gasteiger partial charge in [-0.25, -0.2) is 31.9 Å². The highest BCUT2D eigenvalue weighted by atomic mass is 19.3. The summed E-state index contributed by atoms with van der Waals surface area (Å²) in [7, 11) is 0. The Balaban J connectivity index is 1.56. The van der Waals surface area contributed by atoms with Crippen LogP contribution in [-0.4, -0.2) is 30.5 Å². The first-order valence-corrected chi connectivity index (χ1v) is 10.5. The summed E-state index contributed by atoms with van der Waals surface area (Å²) in [5.74, 6) is -0.474. The fraction of sp³-hybridized carbons (Fsp3) is 0.304. The highest BCUT2D eigenvalue weighted by Crippen LogP contribution is 2.32. The number of aryl methyl sites for hydroxylation is 2. The Morgan fingerprint density at radius 1 is 1.00 bits per heavy atom. The lowest BCUT2D eigenvalue weighted by Crippen LogP contribution is -2.28. The smallest absolute Gasteiger partial charge is 0.280 e. The minimum Gasteiger partial charge on any atom is -0.350 e. The van der Waals surface area contributed by atoms with Crippen LogP contribution in [0.2, 0.25) is 0 Å². The van der Waals surface area contributed by atoms with Gasteiger partial charge in [-0.05, 0) is 39.0 Å². The average Bonchev–Trinajstić information content (AvgIpc) is 3.27. The van der Waals surface area contributed by atoms with Crippen molar-refractivity contribution in [3.05, 3.63) is 70.3 Å². The fourth-order valence-corrected chi connectivity index (χ4v) is 3.93. The van der Waals surface area contributed by atoms with Crippen molar-refractivity contribution in [2.75, 3.05) is 0 Å². The summed E-state index contributed by atoms with van der Waals surface area (Å²) in [5, 5.41) is 11.4. The first-order valence-electron chi connectivity index (χ1n) is 10.5. The van der Waals surface area contributed by atoms with Crippen molar-refractivity contribution in [2.24, 2.45) is 0 Å². The lowest BCUT2D eigenvalue weighted by atomic mass is 10.1. The van der Waals surface area contributed by atoms with Crippen molar-refractivity contribution in [1.82, 2.24) is 29.9 Å². The molecule has 34 heavy (non-hydrogen) atoms. The predicted octanol–water partition coefficient (Wildman–Crippen LogP) is 4.73. The third-order valence-electron chi connectivity index (χ3n) is 5.58. The Kier molecular flexibility index (Phi) is 6.36. The molecule has 11 heteroatoms. The molecule has 0 aliphatic carbocycles. The molecule has 178 valence electrons. The van der Waals surface area contributed by atoms with Crippen LogP contribution in [0.3, 0.4) is 0 Å². The molecular formula is C23H22F4N6O. The molecule has 1 aromatic carbocycles. The lowest BCUT2D eigenvalue weighted by Gasteiger charge is -2.09. The van der Waals surface area contributed by atoms with Crippen LogP contribution >= 0.6 is 0 Å². The maximum Gasteiger partial charge on any atom is 0.280 e. The van der Waals surface area contributed by atoms with E-state index in [1.165, 1.54) is 6.92 Å². The molecule has 0 aliphatic rings. The van der Waals surface area contributed by atoms with E-state index in [2.05, 4.69) is 20.5 Å². The third-order valence-corrected chi connectivity index (χ3v) is 5.58. The largest absolute Gasteiger partial charge is 0.350 e. The van der Waals surface area contributed by atoms with Crippen LogP contribution in [0, 0.1) is 20.8 Å². The molecule has 0 saturated carbocycles. The first kappa shape index (κ1) is 23.4. The summed E-state index contributed by atoms with van der Waals surface area (Å²) in [4.78, 5) is 16.5. The number of carbonyl (C=O) groups is 1. The van der Waals surface area contributed by atoms with Gasteiger partial charge in [0, 0.05) is 23.4 Å². The van der Waals surface area contributed by atoms with E-state index in [9.17, 15) is 22.4 Å². The number of nitrogens with one attached hydrogen (secondary N) is 1. The van der Waals surface area contributed by atoms with E-state index in [0.29, 0.717) is 6.07 Å². The number of carbonyl (C=O) groups excluding carboxylic acids is 1. The SMILES string of the molecule is Cc1nn(-c2ccccc2)c(C)c1CNC(=O)Cn1nc(C)c2c(C(F)F)cc(C(F)F)nc21. The quantitative estimate of drug-likeness (QED) is 0.393. The molecule has 0 aliphatic heterocycles. The number of benzene rings is 1. The van der Waals surface area contributed by atoms with E-state index in [0.717, 1.165) is 27.3 Å². The van der Waals surface area contributed by atoms with E-state index in [1.807, 2.05) is 44.2 Å². The number of nitrogens with zero attached hydrogens (tertiary/aromatic N) is 5. The number of hydrogen-bond donors (Lipinski definition) is 1. The minimum atomic E-state index is -3.04. The molecule has 0 radical (unpaired) electrons. The summed E-state index contributed by atoms with van der Waals surface area (Å²) in [6, 6.07) is 10.2. The van der Waals surface area contributed by atoms with Gasteiger partial charge in [0.05, 0.1) is 22.5 Å². The number of para-hydroxylation sites is 1. The minimum absolute atomic E-state index is 0.0250. The standard InChI is InChI=1S/C23H22F4N6O/c1-12-17(14(3)33(31-12)15-7-5-4-6-8-15)10-28-19(34)11-32-23-20(13(2)30-32)16(21(24)25)9-18(29-23)22(26)27/h4-9,21-22H,10-11H2,1-3H3,(H,28,34). The van der Waals surface area contributed by atoms with Crippen molar-refractivity contribution in [2.45, 2.75) is 46.7 Å².